The maximum atomic E-state index is 14.0. The van der Waals surface area contributed by atoms with E-state index in [0.29, 0.717) is 22.8 Å². The van der Waals surface area contributed by atoms with E-state index in [4.69, 9.17) is 16.3 Å². The molecule has 0 aliphatic rings. The molecule has 0 unspecified atom stereocenters. The van der Waals surface area contributed by atoms with Crippen LogP contribution in [0.4, 0.5) is 22.0 Å². The minimum Gasteiger partial charge on any atom is -0.487 e. The fraction of sp³-hybridized carbons (Fsp3) is 0.105. The minimum atomic E-state index is -1.29. The van der Waals surface area contributed by atoms with Crippen molar-refractivity contribution < 1.29 is 26.7 Å². The van der Waals surface area contributed by atoms with E-state index in [0.717, 1.165) is 12.1 Å². The van der Waals surface area contributed by atoms with E-state index in [2.05, 4.69) is 0 Å². The zero-order valence-corrected chi connectivity index (χ0v) is 15.0. The lowest BCUT2D eigenvalue weighted by atomic mass is 10.2. The van der Waals surface area contributed by atoms with Crippen LogP contribution < -0.4 is 10.3 Å². The van der Waals surface area contributed by atoms with Gasteiger partial charge in [-0.2, -0.15) is 0 Å². The van der Waals surface area contributed by atoms with Crippen LogP contribution in [0, 0.1) is 36.0 Å². The number of aromatic nitrogens is 1. The Labute approximate surface area is 160 Å². The Balaban J connectivity index is 2.01. The molecule has 3 nitrogen and oxygen atoms in total. The number of hydrogen-bond acceptors (Lipinski definition) is 2. The van der Waals surface area contributed by atoms with Crippen LogP contribution in [-0.2, 0) is 6.61 Å². The maximum Gasteiger partial charge on any atom is 0.278 e. The maximum absolute atomic E-state index is 14.0. The first-order valence-electron chi connectivity index (χ1n) is 7.83. The predicted octanol–water partition coefficient (Wildman–Crippen LogP) is 5.07. The summed E-state index contributed by atoms with van der Waals surface area (Å²) in [6.07, 6.45) is 0. The molecule has 0 atom stereocenters. The van der Waals surface area contributed by atoms with Gasteiger partial charge in [0.1, 0.15) is 40.5 Å². The van der Waals surface area contributed by atoms with Crippen LogP contribution in [0.15, 0.2) is 41.2 Å². The van der Waals surface area contributed by atoms with Gasteiger partial charge < -0.3 is 4.74 Å². The fourth-order valence-corrected chi connectivity index (χ4v) is 2.80. The van der Waals surface area contributed by atoms with Crippen LogP contribution >= 0.6 is 11.6 Å². The van der Waals surface area contributed by atoms with Gasteiger partial charge in [0.05, 0.1) is 0 Å². The first-order valence-corrected chi connectivity index (χ1v) is 8.20. The fourth-order valence-electron chi connectivity index (χ4n) is 2.61. The Hall–Kier alpha value is -2.87. The number of aryl methyl sites for hydroxylation is 1. The van der Waals surface area contributed by atoms with Crippen LogP contribution in [0.3, 0.4) is 0 Å². The first kappa shape index (κ1) is 19.9. The van der Waals surface area contributed by atoms with Gasteiger partial charge in [-0.1, -0.05) is 11.6 Å². The largest absolute Gasteiger partial charge is 0.487 e. The van der Waals surface area contributed by atoms with Crippen molar-refractivity contribution in [1.29, 1.82) is 0 Å². The summed E-state index contributed by atoms with van der Waals surface area (Å²) in [6.45, 7) is 0.985. The molecule has 3 rings (SSSR count). The van der Waals surface area contributed by atoms with E-state index in [-0.39, 0.29) is 23.6 Å². The summed E-state index contributed by atoms with van der Waals surface area (Å²) in [5, 5.41) is -0.517. The van der Waals surface area contributed by atoms with Crippen molar-refractivity contribution in [2.45, 2.75) is 13.5 Å². The van der Waals surface area contributed by atoms with Gasteiger partial charge in [0.15, 0.2) is 11.6 Å². The van der Waals surface area contributed by atoms with E-state index in [1.54, 1.807) is 0 Å². The van der Waals surface area contributed by atoms with E-state index in [1.165, 1.54) is 13.0 Å². The van der Waals surface area contributed by atoms with Gasteiger partial charge in [0, 0.05) is 35.5 Å². The van der Waals surface area contributed by atoms with Crippen molar-refractivity contribution in [3.63, 3.8) is 0 Å². The highest BCUT2D eigenvalue weighted by Crippen LogP contribution is 2.27. The Kier molecular flexibility index (Phi) is 5.42. The van der Waals surface area contributed by atoms with Gasteiger partial charge in [-0.3, -0.25) is 9.36 Å². The third kappa shape index (κ3) is 3.73. The minimum absolute atomic E-state index is 0.00919. The Morgan fingerprint density at radius 2 is 1.54 bits per heavy atom. The zero-order chi connectivity index (χ0) is 20.6. The lowest BCUT2D eigenvalue weighted by Crippen LogP contribution is -2.24. The summed E-state index contributed by atoms with van der Waals surface area (Å²) in [4.78, 5) is 12.5. The lowest BCUT2D eigenvalue weighted by molar-refractivity contribution is 0.298. The van der Waals surface area contributed by atoms with E-state index >= 15 is 0 Å². The molecule has 0 amide bonds. The average Bonchev–Trinajstić information content (AvgIpc) is 2.60. The van der Waals surface area contributed by atoms with Crippen molar-refractivity contribution in [3.8, 4) is 11.4 Å². The van der Waals surface area contributed by atoms with Gasteiger partial charge in [-0.25, -0.2) is 22.0 Å². The van der Waals surface area contributed by atoms with E-state index in [1.807, 2.05) is 0 Å². The number of ether oxygens (including phenoxy) is 1. The number of rotatable bonds is 4. The van der Waals surface area contributed by atoms with Crippen LogP contribution in [0.2, 0.25) is 5.02 Å². The molecule has 0 saturated heterocycles. The Bertz CT molecular complexity index is 1110. The second-order valence-corrected chi connectivity index (χ2v) is 6.22. The van der Waals surface area contributed by atoms with E-state index in [9.17, 15) is 26.7 Å². The Morgan fingerprint density at radius 3 is 2.14 bits per heavy atom. The summed E-state index contributed by atoms with van der Waals surface area (Å²) in [6, 6.07) is 4.94. The van der Waals surface area contributed by atoms with E-state index < -0.39 is 45.4 Å². The normalized spacial score (nSPS) is 11.0. The van der Waals surface area contributed by atoms with Crippen molar-refractivity contribution in [2.75, 3.05) is 0 Å². The van der Waals surface area contributed by atoms with Crippen LogP contribution in [0.1, 0.15) is 11.3 Å². The van der Waals surface area contributed by atoms with Gasteiger partial charge >= 0.3 is 0 Å². The molecule has 1 aromatic heterocycles. The van der Waals surface area contributed by atoms with Crippen molar-refractivity contribution in [3.05, 3.63) is 92.1 Å². The monoisotopic (exact) mass is 415 g/mol. The van der Waals surface area contributed by atoms with Crippen LogP contribution in [0.5, 0.6) is 5.75 Å². The average molecular weight is 416 g/mol. The molecule has 0 bridgehead atoms. The number of nitrogens with zero attached hydrogens (tertiary/aromatic N) is 1. The predicted molar refractivity (Wildman–Crippen MR) is 92.4 cm³/mol. The molecule has 0 fully saturated rings. The van der Waals surface area contributed by atoms with Crippen molar-refractivity contribution in [2.24, 2.45) is 0 Å². The SMILES string of the molecule is Cc1cc(OCc2ccc(F)cc2F)c(Cl)c(=O)n1-c1c(F)cc(F)cc1F. The summed E-state index contributed by atoms with van der Waals surface area (Å²) >= 11 is 5.96. The van der Waals surface area contributed by atoms with Gasteiger partial charge in [-0.05, 0) is 19.1 Å². The molecule has 0 spiro atoms. The number of pyridine rings is 1. The number of halogens is 6. The smallest absolute Gasteiger partial charge is 0.278 e. The molecular weight excluding hydrogens is 405 g/mol. The molecule has 2 aromatic carbocycles. The molecular formula is C19H11ClF5NO2. The Morgan fingerprint density at radius 1 is 0.929 bits per heavy atom. The standard InChI is InChI=1S/C19H11ClF5NO2/c1-9-4-16(28-8-10-2-3-11(21)5-13(10)23)17(20)19(27)26(9)18-14(24)6-12(22)7-15(18)25/h2-7H,8H2,1H3. The zero-order valence-electron chi connectivity index (χ0n) is 14.2. The summed E-state index contributed by atoms with van der Waals surface area (Å²) < 4.78 is 73.8. The summed E-state index contributed by atoms with van der Waals surface area (Å²) in [5.41, 5.74) is -1.76. The van der Waals surface area contributed by atoms with Crippen LogP contribution in [-0.4, -0.2) is 4.57 Å². The molecule has 0 radical (unpaired) electrons. The lowest BCUT2D eigenvalue weighted by Gasteiger charge is -2.15. The molecule has 9 heteroatoms. The van der Waals surface area contributed by atoms with Gasteiger partial charge in [-0.15, -0.1) is 0 Å². The third-order valence-corrected chi connectivity index (χ3v) is 4.25. The quantitative estimate of drug-likeness (QED) is 0.557. The third-order valence-electron chi connectivity index (χ3n) is 3.90. The van der Waals surface area contributed by atoms with Crippen molar-refractivity contribution in [1.82, 2.24) is 4.57 Å². The molecule has 0 N–H and O–H groups in total. The summed E-state index contributed by atoms with van der Waals surface area (Å²) in [5.74, 6) is -5.50. The van der Waals surface area contributed by atoms with Crippen LogP contribution in [0.25, 0.3) is 5.69 Å². The highest BCUT2D eigenvalue weighted by molar-refractivity contribution is 6.31. The molecule has 146 valence electrons. The molecule has 28 heavy (non-hydrogen) atoms. The first-order chi connectivity index (χ1) is 13.2. The molecule has 1 heterocycles. The number of benzene rings is 2. The summed E-state index contributed by atoms with van der Waals surface area (Å²) in [7, 11) is 0. The molecule has 0 aliphatic carbocycles. The number of hydrogen-bond donors (Lipinski definition) is 0. The second kappa shape index (κ2) is 7.63. The van der Waals surface area contributed by atoms with Gasteiger partial charge in [0.2, 0.25) is 0 Å². The second-order valence-electron chi connectivity index (χ2n) is 5.85. The topological polar surface area (TPSA) is 31.2 Å². The molecule has 0 saturated carbocycles. The van der Waals surface area contributed by atoms with Crippen molar-refractivity contribution >= 4 is 11.6 Å². The highest BCUT2D eigenvalue weighted by Gasteiger charge is 2.20. The molecule has 0 aliphatic heterocycles. The highest BCUT2D eigenvalue weighted by atomic mass is 35.5. The van der Waals surface area contributed by atoms with Gasteiger partial charge in [0.25, 0.3) is 5.56 Å². The molecule has 3 aromatic rings.